The van der Waals surface area contributed by atoms with E-state index < -0.39 is 0 Å². The van der Waals surface area contributed by atoms with Gasteiger partial charge < -0.3 is 10.2 Å². The predicted octanol–water partition coefficient (Wildman–Crippen LogP) is 0.722. The number of hydrogen-bond donors (Lipinski definition) is 1. The summed E-state index contributed by atoms with van der Waals surface area (Å²) in [6.45, 7) is 4.86. The Labute approximate surface area is 101 Å². The van der Waals surface area contributed by atoms with Gasteiger partial charge in [0.25, 0.3) is 0 Å². The van der Waals surface area contributed by atoms with Gasteiger partial charge in [-0.1, -0.05) is 5.21 Å². The zero-order valence-electron chi connectivity index (χ0n) is 10.2. The van der Waals surface area contributed by atoms with Gasteiger partial charge in [-0.2, -0.15) is 0 Å². The summed E-state index contributed by atoms with van der Waals surface area (Å²) < 4.78 is 1.74. The second-order valence-electron chi connectivity index (χ2n) is 4.23. The van der Waals surface area contributed by atoms with Crippen LogP contribution in [0.3, 0.4) is 0 Å². The molecule has 1 aromatic rings. The molecule has 0 bridgehead atoms. The number of aromatic nitrogens is 3. The molecule has 1 saturated heterocycles. The average molecular weight is 237 g/mol. The average Bonchev–Trinajstić information content (AvgIpc) is 2.84. The molecule has 6 nitrogen and oxygen atoms in total. The summed E-state index contributed by atoms with van der Waals surface area (Å²) in [7, 11) is 0. The lowest BCUT2D eigenvalue weighted by Gasteiger charge is -2.26. The standard InChI is InChI=1S/C11H19N5O/c1-2-16-10(8-13-14-16)12-9-11(17)15-6-4-3-5-7-15/h8,12H,2-7,9H2,1H3. The normalized spacial score (nSPS) is 15.9. The fourth-order valence-electron chi connectivity index (χ4n) is 2.05. The predicted molar refractivity (Wildman–Crippen MR) is 64.6 cm³/mol. The van der Waals surface area contributed by atoms with Crippen molar-refractivity contribution >= 4 is 11.7 Å². The number of nitrogens with one attached hydrogen (secondary N) is 1. The molecule has 0 saturated carbocycles. The van der Waals surface area contributed by atoms with Gasteiger partial charge in [-0.05, 0) is 26.2 Å². The van der Waals surface area contributed by atoms with E-state index in [1.165, 1.54) is 6.42 Å². The van der Waals surface area contributed by atoms with Gasteiger partial charge in [0.2, 0.25) is 5.91 Å². The summed E-state index contributed by atoms with van der Waals surface area (Å²) in [5.74, 6) is 0.964. The van der Waals surface area contributed by atoms with Crippen LogP contribution in [0.5, 0.6) is 0 Å². The van der Waals surface area contributed by atoms with E-state index in [2.05, 4.69) is 15.6 Å². The van der Waals surface area contributed by atoms with E-state index in [-0.39, 0.29) is 5.91 Å². The van der Waals surface area contributed by atoms with Crippen LogP contribution >= 0.6 is 0 Å². The Morgan fingerprint density at radius 1 is 1.41 bits per heavy atom. The number of likely N-dealkylation sites (tertiary alicyclic amines) is 1. The zero-order valence-corrected chi connectivity index (χ0v) is 10.2. The molecule has 6 heteroatoms. The van der Waals surface area contributed by atoms with Crippen molar-refractivity contribution in [1.29, 1.82) is 0 Å². The lowest BCUT2D eigenvalue weighted by atomic mass is 10.1. The fraction of sp³-hybridized carbons (Fsp3) is 0.727. The summed E-state index contributed by atoms with van der Waals surface area (Å²) in [6, 6.07) is 0. The summed E-state index contributed by atoms with van der Waals surface area (Å²) in [5.41, 5.74) is 0. The molecule has 0 unspecified atom stereocenters. The number of piperidine rings is 1. The van der Waals surface area contributed by atoms with Gasteiger partial charge >= 0.3 is 0 Å². The molecule has 0 spiro atoms. The van der Waals surface area contributed by atoms with Crippen LogP contribution in [-0.2, 0) is 11.3 Å². The maximum Gasteiger partial charge on any atom is 0.241 e. The molecule has 1 fully saturated rings. The molecule has 1 aliphatic heterocycles. The van der Waals surface area contributed by atoms with Gasteiger partial charge in [-0.15, -0.1) is 5.10 Å². The molecule has 1 amide bonds. The topological polar surface area (TPSA) is 63.1 Å². The van der Waals surface area contributed by atoms with Gasteiger partial charge in [0, 0.05) is 19.6 Å². The Kier molecular flexibility index (Phi) is 3.95. The Morgan fingerprint density at radius 3 is 2.88 bits per heavy atom. The molecule has 0 radical (unpaired) electrons. The van der Waals surface area contributed by atoms with Crippen molar-refractivity contribution in [2.45, 2.75) is 32.7 Å². The van der Waals surface area contributed by atoms with Crippen molar-refractivity contribution in [3.8, 4) is 0 Å². The van der Waals surface area contributed by atoms with Crippen molar-refractivity contribution in [2.75, 3.05) is 25.0 Å². The molecule has 0 aromatic carbocycles. The summed E-state index contributed by atoms with van der Waals surface area (Å²) >= 11 is 0. The van der Waals surface area contributed by atoms with Crippen LogP contribution in [0.25, 0.3) is 0 Å². The van der Waals surface area contributed by atoms with Crippen LogP contribution in [-0.4, -0.2) is 45.4 Å². The highest BCUT2D eigenvalue weighted by molar-refractivity contribution is 5.80. The first kappa shape index (κ1) is 11.9. The van der Waals surface area contributed by atoms with Crippen LogP contribution < -0.4 is 5.32 Å². The largest absolute Gasteiger partial charge is 0.360 e. The summed E-state index contributed by atoms with van der Waals surface area (Å²) in [6.07, 6.45) is 5.14. The highest BCUT2D eigenvalue weighted by Gasteiger charge is 2.16. The third-order valence-corrected chi connectivity index (χ3v) is 3.05. The van der Waals surface area contributed by atoms with Crippen LogP contribution in [0.15, 0.2) is 6.20 Å². The fourth-order valence-corrected chi connectivity index (χ4v) is 2.05. The molecule has 1 aliphatic rings. The minimum Gasteiger partial charge on any atom is -0.360 e. The van der Waals surface area contributed by atoms with E-state index in [9.17, 15) is 4.79 Å². The molecule has 17 heavy (non-hydrogen) atoms. The van der Waals surface area contributed by atoms with Crippen molar-refractivity contribution < 1.29 is 4.79 Å². The number of carbonyl (C=O) groups is 1. The van der Waals surface area contributed by atoms with Crippen LogP contribution in [0.2, 0.25) is 0 Å². The molecular formula is C11H19N5O. The lowest BCUT2D eigenvalue weighted by molar-refractivity contribution is -0.130. The number of rotatable bonds is 4. The van der Waals surface area contributed by atoms with Gasteiger partial charge in [-0.3, -0.25) is 4.79 Å². The molecular weight excluding hydrogens is 218 g/mol. The van der Waals surface area contributed by atoms with E-state index in [1.54, 1.807) is 10.9 Å². The smallest absolute Gasteiger partial charge is 0.241 e. The number of nitrogens with zero attached hydrogens (tertiary/aromatic N) is 4. The van der Waals surface area contributed by atoms with Gasteiger partial charge in [0.15, 0.2) is 0 Å². The van der Waals surface area contributed by atoms with Crippen LogP contribution in [0.1, 0.15) is 26.2 Å². The Hall–Kier alpha value is -1.59. The third kappa shape index (κ3) is 2.95. The van der Waals surface area contributed by atoms with Crippen molar-refractivity contribution in [1.82, 2.24) is 19.9 Å². The molecule has 0 aliphatic carbocycles. The second kappa shape index (κ2) is 5.65. The van der Waals surface area contributed by atoms with Gasteiger partial charge in [0.05, 0.1) is 12.7 Å². The van der Waals surface area contributed by atoms with E-state index >= 15 is 0 Å². The number of hydrogen-bond acceptors (Lipinski definition) is 4. The van der Waals surface area contributed by atoms with Crippen molar-refractivity contribution in [3.63, 3.8) is 0 Å². The van der Waals surface area contributed by atoms with E-state index in [0.717, 1.165) is 38.3 Å². The zero-order chi connectivity index (χ0) is 12.1. The molecule has 0 atom stereocenters. The molecule has 2 heterocycles. The number of carbonyl (C=O) groups excluding carboxylic acids is 1. The molecule has 1 aromatic heterocycles. The molecule has 2 rings (SSSR count). The maximum absolute atomic E-state index is 11.9. The number of amides is 1. The Balaban J connectivity index is 1.83. The second-order valence-corrected chi connectivity index (χ2v) is 4.23. The SMILES string of the molecule is CCn1nncc1NCC(=O)N1CCCCC1. The highest BCUT2D eigenvalue weighted by atomic mass is 16.2. The number of aryl methyl sites for hydroxylation is 1. The van der Waals surface area contributed by atoms with Crippen LogP contribution in [0.4, 0.5) is 5.82 Å². The maximum atomic E-state index is 11.9. The van der Waals surface area contributed by atoms with Gasteiger partial charge in [0.1, 0.15) is 5.82 Å². The first-order valence-corrected chi connectivity index (χ1v) is 6.21. The van der Waals surface area contributed by atoms with Crippen LogP contribution in [0, 0.1) is 0 Å². The van der Waals surface area contributed by atoms with E-state index in [0.29, 0.717) is 6.54 Å². The monoisotopic (exact) mass is 237 g/mol. The molecule has 1 N–H and O–H groups in total. The lowest BCUT2D eigenvalue weighted by Crippen LogP contribution is -2.39. The van der Waals surface area contributed by atoms with Crippen molar-refractivity contribution in [2.24, 2.45) is 0 Å². The minimum absolute atomic E-state index is 0.161. The highest BCUT2D eigenvalue weighted by Crippen LogP contribution is 2.09. The minimum atomic E-state index is 0.161. The Bertz CT molecular complexity index is 370. The number of anilines is 1. The Morgan fingerprint density at radius 2 is 2.18 bits per heavy atom. The summed E-state index contributed by atoms with van der Waals surface area (Å²) in [5, 5.41) is 10.8. The van der Waals surface area contributed by atoms with E-state index in [4.69, 9.17) is 0 Å². The first-order valence-electron chi connectivity index (χ1n) is 6.21. The van der Waals surface area contributed by atoms with Gasteiger partial charge in [-0.25, -0.2) is 4.68 Å². The third-order valence-electron chi connectivity index (χ3n) is 3.05. The first-order chi connectivity index (χ1) is 8.31. The summed E-state index contributed by atoms with van der Waals surface area (Å²) in [4.78, 5) is 13.8. The van der Waals surface area contributed by atoms with Crippen molar-refractivity contribution in [3.05, 3.63) is 6.20 Å². The quantitative estimate of drug-likeness (QED) is 0.838. The van der Waals surface area contributed by atoms with E-state index in [1.807, 2.05) is 11.8 Å². The molecule has 94 valence electrons.